The van der Waals surface area contributed by atoms with Crippen LogP contribution in [0.2, 0.25) is 0 Å². The highest BCUT2D eigenvalue weighted by atomic mass is 16.2. The van der Waals surface area contributed by atoms with Crippen molar-refractivity contribution in [2.24, 2.45) is 5.92 Å². The summed E-state index contributed by atoms with van der Waals surface area (Å²) in [5.74, 6) is 0.818. The molecule has 1 N–H and O–H groups in total. The Kier molecular flexibility index (Phi) is 4.24. The molecule has 1 saturated carbocycles. The molecule has 0 aromatic heterocycles. The van der Waals surface area contributed by atoms with Crippen LogP contribution in [-0.4, -0.2) is 23.0 Å². The molecule has 25 heavy (non-hydrogen) atoms. The summed E-state index contributed by atoms with van der Waals surface area (Å²) >= 11 is 0. The third-order valence-electron chi connectivity index (χ3n) is 5.73. The number of rotatable bonds is 3. The van der Waals surface area contributed by atoms with Crippen LogP contribution >= 0.6 is 0 Å². The summed E-state index contributed by atoms with van der Waals surface area (Å²) < 4.78 is 0. The van der Waals surface area contributed by atoms with Gasteiger partial charge in [0.15, 0.2) is 0 Å². The molecule has 3 nitrogen and oxygen atoms in total. The highest BCUT2D eigenvalue weighted by Gasteiger charge is 2.46. The Hall–Kier alpha value is -2.29. The zero-order chi connectivity index (χ0) is 17.3. The minimum atomic E-state index is -0.224. The Bertz CT molecular complexity index is 758. The zero-order valence-corrected chi connectivity index (χ0v) is 14.9. The Morgan fingerprint density at radius 3 is 2.68 bits per heavy atom. The van der Waals surface area contributed by atoms with Gasteiger partial charge in [0.25, 0.3) is 5.91 Å². The largest absolute Gasteiger partial charge is 0.362 e. The van der Waals surface area contributed by atoms with Crippen LogP contribution in [0.1, 0.15) is 48.5 Å². The van der Waals surface area contributed by atoms with E-state index in [1.165, 1.54) is 18.4 Å². The van der Waals surface area contributed by atoms with E-state index in [1.807, 2.05) is 30.3 Å². The quantitative estimate of drug-likeness (QED) is 0.882. The van der Waals surface area contributed by atoms with Gasteiger partial charge in [-0.05, 0) is 49.3 Å². The van der Waals surface area contributed by atoms with E-state index in [9.17, 15) is 4.79 Å². The van der Waals surface area contributed by atoms with Gasteiger partial charge < -0.3 is 10.2 Å². The second-order valence-electron chi connectivity index (χ2n) is 7.60. The predicted molar refractivity (Wildman–Crippen MR) is 102 cm³/mol. The van der Waals surface area contributed by atoms with Crippen LogP contribution < -0.4 is 5.32 Å². The molecule has 1 aliphatic heterocycles. The maximum absolute atomic E-state index is 13.3. The molecule has 130 valence electrons. The van der Waals surface area contributed by atoms with Crippen LogP contribution in [0.25, 0.3) is 0 Å². The molecule has 1 heterocycles. The molecule has 1 aliphatic carbocycles. The lowest BCUT2D eigenvalue weighted by molar-refractivity contribution is 0.0333. The van der Waals surface area contributed by atoms with Gasteiger partial charge in [-0.25, -0.2) is 0 Å². The molecule has 3 heteroatoms. The first-order chi connectivity index (χ1) is 12.2. The maximum Gasteiger partial charge on any atom is 0.257 e. The number of amides is 1. The van der Waals surface area contributed by atoms with Gasteiger partial charge >= 0.3 is 0 Å². The zero-order valence-electron chi connectivity index (χ0n) is 14.9. The number of anilines is 1. The van der Waals surface area contributed by atoms with Crippen LogP contribution in [-0.2, 0) is 6.42 Å². The van der Waals surface area contributed by atoms with Crippen molar-refractivity contribution in [2.45, 2.75) is 44.7 Å². The molecule has 4 rings (SSSR count). The molecule has 2 aromatic rings. The Labute approximate surface area is 150 Å². The minimum Gasteiger partial charge on any atom is -0.362 e. The summed E-state index contributed by atoms with van der Waals surface area (Å²) in [7, 11) is 0. The fourth-order valence-electron chi connectivity index (χ4n) is 4.52. The Balaban J connectivity index is 1.66. The van der Waals surface area contributed by atoms with Crippen LogP contribution in [0.5, 0.6) is 0 Å². The van der Waals surface area contributed by atoms with E-state index < -0.39 is 0 Å². The van der Waals surface area contributed by atoms with Crippen molar-refractivity contribution in [3.63, 3.8) is 0 Å². The molecule has 0 saturated heterocycles. The molecule has 1 fully saturated rings. The lowest BCUT2D eigenvalue weighted by Crippen LogP contribution is -2.62. The summed E-state index contributed by atoms with van der Waals surface area (Å²) in [4.78, 5) is 15.4. The minimum absolute atomic E-state index is 0.180. The van der Waals surface area contributed by atoms with Crippen molar-refractivity contribution in [1.82, 2.24) is 4.90 Å². The molecular formula is C22H26N2O. The fourth-order valence-corrected chi connectivity index (χ4v) is 4.52. The normalized spacial score (nSPS) is 25.6. The first-order valence-electron chi connectivity index (χ1n) is 9.41. The molecule has 2 unspecified atom stereocenters. The average Bonchev–Trinajstić information content (AvgIpc) is 2.62. The molecular weight excluding hydrogens is 308 g/mol. The van der Waals surface area contributed by atoms with E-state index in [0.29, 0.717) is 5.92 Å². The maximum atomic E-state index is 13.3. The van der Waals surface area contributed by atoms with E-state index in [4.69, 9.17) is 0 Å². The van der Waals surface area contributed by atoms with Crippen molar-refractivity contribution in [2.75, 3.05) is 11.9 Å². The molecule has 2 aromatic carbocycles. The van der Waals surface area contributed by atoms with Gasteiger partial charge in [-0.1, -0.05) is 55.8 Å². The van der Waals surface area contributed by atoms with E-state index in [-0.39, 0.29) is 11.6 Å². The number of nitrogens with zero attached hydrogens (tertiary/aromatic N) is 1. The highest BCUT2D eigenvalue weighted by molar-refractivity contribution is 6.02. The van der Waals surface area contributed by atoms with Gasteiger partial charge in [0.2, 0.25) is 0 Å². The SMILES string of the molecule is CC1CCCC2(C1)Nc1ccccc1C(=O)N2CCc1ccccc1. The number of nitrogens with one attached hydrogen (secondary N) is 1. The number of para-hydroxylation sites is 1. The number of carbonyl (C=O) groups excluding carboxylic acids is 1. The van der Waals surface area contributed by atoms with Gasteiger partial charge in [-0.3, -0.25) is 4.79 Å². The number of benzene rings is 2. The van der Waals surface area contributed by atoms with E-state index in [2.05, 4.69) is 41.4 Å². The molecule has 0 radical (unpaired) electrons. The summed E-state index contributed by atoms with van der Waals surface area (Å²) in [6, 6.07) is 18.4. The van der Waals surface area contributed by atoms with Gasteiger partial charge in [-0.2, -0.15) is 0 Å². The summed E-state index contributed by atoms with van der Waals surface area (Å²) in [5.41, 5.74) is 2.86. The molecule has 1 spiro atoms. The summed E-state index contributed by atoms with van der Waals surface area (Å²) in [6.07, 6.45) is 5.39. The number of hydrogen-bond donors (Lipinski definition) is 1. The van der Waals surface area contributed by atoms with E-state index in [1.54, 1.807) is 0 Å². The van der Waals surface area contributed by atoms with Crippen LogP contribution in [0.15, 0.2) is 54.6 Å². The van der Waals surface area contributed by atoms with Crippen molar-refractivity contribution in [1.29, 1.82) is 0 Å². The van der Waals surface area contributed by atoms with Crippen LogP contribution in [0.3, 0.4) is 0 Å². The van der Waals surface area contributed by atoms with E-state index in [0.717, 1.165) is 37.1 Å². The number of hydrogen-bond acceptors (Lipinski definition) is 2. The van der Waals surface area contributed by atoms with Gasteiger partial charge in [0.1, 0.15) is 5.66 Å². The van der Waals surface area contributed by atoms with Crippen molar-refractivity contribution in [3.05, 3.63) is 65.7 Å². The van der Waals surface area contributed by atoms with Crippen molar-refractivity contribution in [3.8, 4) is 0 Å². The Morgan fingerprint density at radius 1 is 1.12 bits per heavy atom. The van der Waals surface area contributed by atoms with Crippen LogP contribution in [0.4, 0.5) is 5.69 Å². The monoisotopic (exact) mass is 334 g/mol. The molecule has 1 amide bonds. The second kappa shape index (κ2) is 6.55. The fraction of sp³-hybridized carbons (Fsp3) is 0.409. The Morgan fingerprint density at radius 2 is 1.88 bits per heavy atom. The highest BCUT2D eigenvalue weighted by Crippen LogP contribution is 2.42. The smallest absolute Gasteiger partial charge is 0.257 e. The summed E-state index contributed by atoms with van der Waals surface area (Å²) in [5, 5.41) is 3.76. The third kappa shape index (κ3) is 3.04. The van der Waals surface area contributed by atoms with Gasteiger partial charge in [0, 0.05) is 12.2 Å². The second-order valence-corrected chi connectivity index (χ2v) is 7.60. The van der Waals surface area contributed by atoms with E-state index >= 15 is 0 Å². The first kappa shape index (κ1) is 16.2. The molecule has 2 aliphatic rings. The number of carbonyl (C=O) groups is 1. The predicted octanol–water partition coefficient (Wildman–Crippen LogP) is 4.70. The van der Waals surface area contributed by atoms with Crippen molar-refractivity contribution >= 4 is 11.6 Å². The summed E-state index contributed by atoms with van der Waals surface area (Å²) in [6.45, 7) is 3.07. The molecule has 2 atom stereocenters. The number of fused-ring (bicyclic) bond motifs is 1. The average molecular weight is 334 g/mol. The lowest BCUT2D eigenvalue weighted by Gasteiger charge is -2.52. The third-order valence-corrected chi connectivity index (χ3v) is 5.73. The first-order valence-corrected chi connectivity index (χ1v) is 9.41. The van der Waals surface area contributed by atoms with Gasteiger partial charge in [-0.15, -0.1) is 0 Å². The van der Waals surface area contributed by atoms with Gasteiger partial charge in [0.05, 0.1) is 5.56 Å². The topological polar surface area (TPSA) is 32.3 Å². The van der Waals surface area contributed by atoms with Crippen LogP contribution in [0, 0.1) is 5.92 Å². The standard InChI is InChI=1S/C22H26N2O/c1-17-8-7-14-22(16-17)23-20-12-6-5-11-19(20)21(25)24(22)15-13-18-9-3-2-4-10-18/h2-6,9-12,17,23H,7-8,13-16H2,1H3. The molecule has 0 bridgehead atoms. The van der Waals surface area contributed by atoms with Crippen molar-refractivity contribution < 1.29 is 4.79 Å². The lowest BCUT2D eigenvalue weighted by atomic mass is 9.79.